The third-order valence-corrected chi connectivity index (χ3v) is 5.69. The topological polar surface area (TPSA) is 96.9 Å². The van der Waals surface area contributed by atoms with E-state index in [1.165, 1.54) is 34.0 Å². The highest BCUT2D eigenvalue weighted by atomic mass is 32.1. The second-order valence-electron chi connectivity index (χ2n) is 5.90. The van der Waals surface area contributed by atoms with Gasteiger partial charge in [-0.3, -0.25) is 14.9 Å². The predicted octanol–water partition coefficient (Wildman–Crippen LogP) is 3.69. The van der Waals surface area contributed by atoms with Crippen LogP contribution in [0.25, 0.3) is 0 Å². The molecule has 7 nitrogen and oxygen atoms in total. The summed E-state index contributed by atoms with van der Waals surface area (Å²) >= 11 is 4.04. The minimum atomic E-state index is -0.210. The molecule has 0 spiro atoms. The van der Waals surface area contributed by atoms with Crippen LogP contribution in [0.1, 0.15) is 34.2 Å². The lowest BCUT2D eigenvalue weighted by Crippen LogP contribution is -2.15. The number of nitrogens with zero attached hydrogens (tertiary/aromatic N) is 3. The molecule has 0 fully saturated rings. The zero-order valence-electron chi connectivity index (χ0n) is 14.2. The summed E-state index contributed by atoms with van der Waals surface area (Å²) in [6, 6.07) is 3.56. The third kappa shape index (κ3) is 5.16. The SMILES string of the molecule is CC(C)Cc1nnc(NC(=O)Cc2csc(NC(=O)c3cccs3)n2)s1. The first-order valence-corrected chi connectivity index (χ1v) is 10.5. The number of thiophene rings is 1. The van der Waals surface area contributed by atoms with E-state index >= 15 is 0 Å². The van der Waals surface area contributed by atoms with Crippen molar-refractivity contribution in [2.75, 3.05) is 10.6 Å². The molecule has 26 heavy (non-hydrogen) atoms. The van der Waals surface area contributed by atoms with Crippen molar-refractivity contribution in [1.82, 2.24) is 15.2 Å². The summed E-state index contributed by atoms with van der Waals surface area (Å²) in [6.07, 6.45) is 0.956. The van der Waals surface area contributed by atoms with Crippen LogP contribution >= 0.6 is 34.0 Å². The van der Waals surface area contributed by atoms with Crippen molar-refractivity contribution in [1.29, 1.82) is 0 Å². The molecule has 136 valence electrons. The molecule has 3 aromatic heterocycles. The van der Waals surface area contributed by atoms with Gasteiger partial charge in [0, 0.05) is 11.8 Å². The number of nitrogens with one attached hydrogen (secondary N) is 2. The van der Waals surface area contributed by atoms with Crippen LogP contribution in [0.15, 0.2) is 22.9 Å². The number of anilines is 2. The predicted molar refractivity (Wildman–Crippen MR) is 105 cm³/mol. The second kappa shape index (κ2) is 8.47. The second-order valence-corrected chi connectivity index (χ2v) is 8.77. The maximum absolute atomic E-state index is 12.1. The Bertz CT molecular complexity index is 885. The Morgan fingerprint density at radius 1 is 1.15 bits per heavy atom. The Kier molecular flexibility index (Phi) is 6.07. The van der Waals surface area contributed by atoms with Gasteiger partial charge in [-0.05, 0) is 17.4 Å². The van der Waals surface area contributed by atoms with Crippen LogP contribution in [0.5, 0.6) is 0 Å². The number of amides is 2. The summed E-state index contributed by atoms with van der Waals surface area (Å²) in [6.45, 7) is 4.22. The highest BCUT2D eigenvalue weighted by Gasteiger charge is 2.13. The van der Waals surface area contributed by atoms with Gasteiger partial charge in [-0.25, -0.2) is 4.98 Å². The first-order chi connectivity index (χ1) is 12.5. The highest BCUT2D eigenvalue weighted by Crippen LogP contribution is 2.20. The van der Waals surface area contributed by atoms with E-state index in [-0.39, 0.29) is 18.2 Å². The van der Waals surface area contributed by atoms with Gasteiger partial charge < -0.3 is 5.32 Å². The van der Waals surface area contributed by atoms with E-state index in [0.29, 0.717) is 26.8 Å². The molecular formula is C16H17N5O2S3. The first kappa shape index (κ1) is 18.6. The Labute approximate surface area is 162 Å². The van der Waals surface area contributed by atoms with E-state index in [2.05, 4.69) is 39.7 Å². The maximum Gasteiger partial charge on any atom is 0.267 e. The van der Waals surface area contributed by atoms with E-state index in [1.54, 1.807) is 11.4 Å². The smallest absolute Gasteiger partial charge is 0.267 e. The average molecular weight is 408 g/mol. The summed E-state index contributed by atoms with van der Waals surface area (Å²) < 4.78 is 0. The lowest BCUT2D eigenvalue weighted by atomic mass is 10.1. The molecule has 0 aliphatic heterocycles. The lowest BCUT2D eigenvalue weighted by Gasteiger charge is -1.99. The van der Waals surface area contributed by atoms with Crippen LogP contribution in [0.4, 0.5) is 10.3 Å². The standard InChI is InChI=1S/C16H17N5O2S3/c1-9(2)6-13-20-21-16(26-13)18-12(22)7-10-8-25-15(17-10)19-14(23)11-4-3-5-24-11/h3-5,8-9H,6-7H2,1-2H3,(H,17,19,23)(H,18,21,22). The Morgan fingerprint density at radius 2 is 2.00 bits per heavy atom. The van der Waals surface area contributed by atoms with Crippen LogP contribution in [-0.4, -0.2) is 27.0 Å². The number of rotatable bonds is 7. The molecule has 10 heteroatoms. The van der Waals surface area contributed by atoms with Crippen molar-refractivity contribution in [3.8, 4) is 0 Å². The molecule has 0 aliphatic carbocycles. The number of carbonyl (C=O) groups excluding carboxylic acids is 2. The van der Waals surface area contributed by atoms with E-state index < -0.39 is 0 Å². The first-order valence-electron chi connectivity index (χ1n) is 7.91. The van der Waals surface area contributed by atoms with Crippen LogP contribution in [-0.2, 0) is 17.6 Å². The summed E-state index contributed by atoms with van der Waals surface area (Å²) in [4.78, 5) is 29.0. The minimum absolute atomic E-state index is 0.116. The van der Waals surface area contributed by atoms with Gasteiger partial charge in [-0.1, -0.05) is 31.3 Å². The fraction of sp³-hybridized carbons (Fsp3) is 0.312. The molecule has 0 saturated carbocycles. The molecule has 2 N–H and O–H groups in total. The summed E-state index contributed by atoms with van der Waals surface area (Å²) in [5, 5.41) is 19.0. The van der Waals surface area contributed by atoms with Gasteiger partial charge in [0.2, 0.25) is 11.0 Å². The van der Waals surface area contributed by atoms with Crippen molar-refractivity contribution >= 4 is 56.1 Å². The van der Waals surface area contributed by atoms with Gasteiger partial charge >= 0.3 is 0 Å². The Balaban J connectivity index is 1.52. The van der Waals surface area contributed by atoms with Gasteiger partial charge in [0.1, 0.15) is 5.01 Å². The van der Waals surface area contributed by atoms with Crippen LogP contribution in [0.2, 0.25) is 0 Å². The van der Waals surface area contributed by atoms with E-state index in [0.717, 1.165) is 11.4 Å². The quantitative estimate of drug-likeness (QED) is 0.623. The van der Waals surface area contributed by atoms with Crippen molar-refractivity contribution < 1.29 is 9.59 Å². The van der Waals surface area contributed by atoms with Crippen LogP contribution < -0.4 is 10.6 Å². The number of hydrogen-bond donors (Lipinski definition) is 2. The zero-order valence-corrected chi connectivity index (χ0v) is 16.6. The molecule has 0 radical (unpaired) electrons. The maximum atomic E-state index is 12.1. The largest absolute Gasteiger partial charge is 0.300 e. The molecule has 0 aliphatic rings. The molecule has 3 heterocycles. The highest BCUT2D eigenvalue weighted by molar-refractivity contribution is 7.15. The van der Waals surface area contributed by atoms with Crippen molar-refractivity contribution in [3.63, 3.8) is 0 Å². The van der Waals surface area contributed by atoms with Crippen LogP contribution in [0, 0.1) is 5.92 Å². The fourth-order valence-electron chi connectivity index (χ4n) is 2.08. The number of aromatic nitrogens is 3. The molecule has 3 aromatic rings. The molecule has 2 amide bonds. The van der Waals surface area contributed by atoms with Gasteiger partial charge in [0.05, 0.1) is 17.0 Å². The number of thiazole rings is 1. The van der Waals surface area contributed by atoms with Gasteiger partial charge in [0.25, 0.3) is 5.91 Å². The molecular weight excluding hydrogens is 390 g/mol. The van der Waals surface area contributed by atoms with E-state index in [4.69, 9.17) is 0 Å². The van der Waals surface area contributed by atoms with Gasteiger partial charge in [-0.2, -0.15) is 0 Å². The average Bonchev–Trinajstić information content (AvgIpc) is 3.29. The van der Waals surface area contributed by atoms with Crippen molar-refractivity contribution in [2.45, 2.75) is 26.7 Å². The molecule has 0 aromatic carbocycles. The lowest BCUT2D eigenvalue weighted by molar-refractivity contribution is -0.115. The van der Waals surface area contributed by atoms with Gasteiger partial charge in [-0.15, -0.1) is 32.9 Å². The minimum Gasteiger partial charge on any atom is -0.300 e. The van der Waals surface area contributed by atoms with Crippen molar-refractivity contribution in [3.05, 3.63) is 38.5 Å². The van der Waals surface area contributed by atoms with Crippen molar-refractivity contribution in [2.24, 2.45) is 5.92 Å². The zero-order chi connectivity index (χ0) is 18.5. The summed E-state index contributed by atoms with van der Waals surface area (Å²) in [7, 11) is 0. The number of hydrogen-bond acceptors (Lipinski definition) is 8. The third-order valence-electron chi connectivity index (χ3n) is 3.15. The Hall–Kier alpha value is -2.17. The molecule has 0 saturated heterocycles. The molecule has 0 atom stereocenters. The Morgan fingerprint density at radius 3 is 2.73 bits per heavy atom. The van der Waals surface area contributed by atoms with E-state index in [9.17, 15) is 9.59 Å². The molecule has 0 unspecified atom stereocenters. The molecule has 3 rings (SSSR count). The van der Waals surface area contributed by atoms with E-state index in [1.807, 2.05) is 11.4 Å². The summed E-state index contributed by atoms with van der Waals surface area (Å²) in [5.74, 6) is 0.0832. The van der Waals surface area contributed by atoms with Gasteiger partial charge in [0.15, 0.2) is 5.13 Å². The normalized spacial score (nSPS) is 10.9. The molecule has 0 bridgehead atoms. The fourth-order valence-corrected chi connectivity index (χ4v) is 4.37. The summed E-state index contributed by atoms with van der Waals surface area (Å²) in [5.41, 5.74) is 0.598. The van der Waals surface area contributed by atoms with Crippen LogP contribution in [0.3, 0.4) is 0 Å². The monoisotopic (exact) mass is 407 g/mol. The number of carbonyl (C=O) groups is 2.